The lowest BCUT2D eigenvalue weighted by Gasteiger charge is -2.18. The van der Waals surface area contributed by atoms with E-state index in [-0.39, 0.29) is 31.1 Å². The van der Waals surface area contributed by atoms with E-state index in [9.17, 15) is 14.4 Å². The van der Waals surface area contributed by atoms with E-state index in [1.54, 1.807) is 0 Å². The van der Waals surface area contributed by atoms with Gasteiger partial charge in [0, 0.05) is 19.3 Å². The Bertz CT molecular complexity index is 1030. The van der Waals surface area contributed by atoms with Crippen molar-refractivity contribution in [3.05, 3.63) is 48.6 Å². The van der Waals surface area contributed by atoms with Crippen LogP contribution in [-0.4, -0.2) is 37.2 Å². The van der Waals surface area contributed by atoms with E-state index in [1.807, 2.05) is 0 Å². The van der Waals surface area contributed by atoms with E-state index in [1.165, 1.54) is 89.9 Å². The van der Waals surface area contributed by atoms with Gasteiger partial charge in [0.2, 0.25) is 0 Å². The Morgan fingerprint density at radius 1 is 0.362 bits per heavy atom. The Hall–Kier alpha value is -2.63. The Labute approximate surface area is 358 Å². The minimum absolute atomic E-state index is 0.0909. The van der Waals surface area contributed by atoms with Gasteiger partial charge in [0.25, 0.3) is 0 Å². The summed E-state index contributed by atoms with van der Waals surface area (Å²) in [6, 6.07) is 0. The van der Waals surface area contributed by atoms with Crippen LogP contribution in [0.1, 0.15) is 245 Å². The molecule has 1 atom stereocenters. The van der Waals surface area contributed by atoms with Crippen molar-refractivity contribution in [3.8, 4) is 0 Å². The van der Waals surface area contributed by atoms with Crippen molar-refractivity contribution >= 4 is 17.9 Å². The molecule has 336 valence electrons. The third-order valence-electron chi connectivity index (χ3n) is 10.5. The number of hydrogen-bond acceptors (Lipinski definition) is 6. The Morgan fingerprint density at radius 2 is 0.672 bits per heavy atom. The topological polar surface area (TPSA) is 78.9 Å². The summed E-state index contributed by atoms with van der Waals surface area (Å²) in [4.78, 5) is 37.8. The van der Waals surface area contributed by atoms with Gasteiger partial charge in [-0.3, -0.25) is 14.4 Å². The van der Waals surface area contributed by atoms with Crippen molar-refractivity contribution in [1.82, 2.24) is 0 Å². The fourth-order valence-corrected chi connectivity index (χ4v) is 6.82. The molecule has 58 heavy (non-hydrogen) atoms. The summed E-state index contributed by atoms with van der Waals surface area (Å²) >= 11 is 0. The van der Waals surface area contributed by atoms with E-state index in [4.69, 9.17) is 14.2 Å². The second-order valence-corrected chi connectivity index (χ2v) is 16.3. The van der Waals surface area contributed by atoms with Gasteiger partial charge in [0.15, 0.2) is 6.10 Å². The maximum Gasteiger partial charge on any atom is 0.306 e. The molecule has 0 heterocycles. The molecule has 0 aliphatic carbocycles. The molecular weight excluding hydrogens is 721 g/mol. The first kappa shape index (κ1) is 55.4. The zero-order valence-electron chi connectivity index (χ0n) is 38.3. The van der Waals surface area contributed by atoms with E-state index >= 15 is 0 Å². The first-order valence-electron chi connectivity index (χ1n) is 24.6. The predicted molar refractivity (Wildman–Crippen MR) is 247 cm³/mol. The molecule has 0 aromatic rings. The number of carbonyl (C=O) groups is 3. The summed E-state index contributed by atoms with van der Waals surface area (Å²) in [6.07, 6.45) is 55.2. The smallest absolute Gasteiger partial charge is 0.306 e. The summed E-state index contributed by atoms with van der Waals surface area (Å²) in [5.74, 6) is -0.934. The van der Waals surface area contributed by atoms with Crippen LogP contribution in [0.25, 0.3) is 0 Å². The van der Waals surface area contributed by atoms with Crippen molar-refractivity contribution in [2.24, 2.45) is 0 Å². The van der Waals surface area contributed by atoms with Crippen LogP contribution in [0.4, 0.5) is 0 Å². The second kappa shape index (κ2) is 47.1. The highest BCUT2D eigenvalue weighted by Crippen LogP contribution is 2.13. The number of ether oxygens (including phenoxy) is 3. The predicted octanol–water partition coefficient (Wildman–Crippen LogP) is 15.9. The first-order chi connectivity index (χ1) is 28.5. The Balaban J connectivity index is 4.43. The number of rotatable bonds is 44. The van der Waals surface area contributed by atoms with E-state index in [0.29, 0.717) is 19.3 Å². The largest absolute Gasteiger partial charge is 0.462 e. The van der Waals surface area contributed by atoms with Gasteiger partial charge in [-0.15, -0.1) is 0 Å². The standard InChI is InChI=1S/C52H92O6/c1-4-7-10-13-16-19-22-25-27-30-33-36-39-42-45-51(54)57-48-49(47-56-50(53)44-41-38-35-32-29-24-21-18-15-12-9-6-3)58-52(55)46-43-40-37-34-31-28-26-23-20-17-14-11-8-5-2/h9,12,18,21,27-28,30-31,49H,4-8,10-11,13-17,19-20,22-26,29,32-48H2,1-3H3/b12-9-,21-18-,30-27-,31-28-. The summed E-state index contributed by atoms with van der Waals surface area (Å²) in [5.41, 5.74) is 0. The molecule has 0 saturated heterocycles. The van der Waals surface area contributed by atoms with E-state index in [2.05, 4.69) is 69.4 Å². The highest BCUT2D eigenvalue weighted by molar-refractivity contribution is 5.71. The molecule has 0 spiro atoms. The molecule has 0 fully saturated rings. The van der Waals surface area contributed by atoms with Gasteiger partial charge in [-0.2, -0.15) is 0 Å². The molecule has 0 radical (unpaired) electrons. The highest BCUT2D eigenvalue weighted by Gasteiger charge is 2.19. The highest BCUT2D eigenvalue weighted by atomic mass is 16.6. The molecule has 0 aliphatic heterocycles. The molecule has 6 nitrogen and oxygen atoms in total. The van der Waals surface area contributed by atoms with Crippen LogP contribution < -0.4 is 0 Å². The zero-order chi connectivity index (χ0) is 42.3. The summed E-state index contributed by atoms with van der Waals surface area (Å²) < 4.78 is 16.7. The van der Waals surface area contributed by atoms with Crippen LogP contribution in [0.15, 0.2) is 48.6 Å². The molecule has 0 amide bonds. The maximum atomic E-state index is 12.7. The molecular formula is C52H92O6. The zero-order valence-corrected chi connectivity index (χ0v) is 38.3. The van der Waals surface area contributed by atoms with Crippen molar-refractivity contribution in [1.29, 1.82) is 0 Å². The Kier molecular flexibility index (Phi) is 44.9. The van der Waals surface area contributed by atoms with Gasteiger partial charge in [-0.05, 0) is 96.3 Å². The van der Waals surface area contributed by atoms with Crippen LogP contribution in [0.2, 0.25) is 0 Å². The van der Waals surface area contributed by atoms with Gasteiger partial charge in [-0.1, -0.05) is 179 Å². The third kappa shape index (κ3) is 44.5. The van der Waals surface area contributed by atoms with Crippen LogP contribution in [-0.2, 0) is 28.6 Å². The van der Waals surface area contributed by atoms with Crippen LogP contribution in [0.3, 0.4) is 0 Å². The number of allylic oxidation sites excluding steroid dienone is 8. The molecule has 0 aromatic carbocycles. The number of hydrogen-bond donors (Lipinski definition) is 0. The molecule has 0 bridgehead atoms. The Morgan fingerprint density at radius 3 is 1.07 bits per heavy atom. The molecule has 0 saturated carbocycles. The molecule has 0 N–H and O–H groups in total. The van der Waals surface area contributed by atoms with Gasteiger partial charge < -0.3 is 14.2 Å². The SMILES string of the molecule is CC/C=C\C/C=C\CCCCCCCC(=O)OCC(COC(=O)CCCCC/C=C\CCCCCCCCC)OC(=O)CCCCC/C=C\CCCCCCCCC. The average molecular weight is 813 g/mol. The van der Waals surface area contributed by atoms with E-state index in [0.717, 1.165) is 116 Å². The van der Waals surface area contributed by atoms with Gasteiger partial charge in [0.1, 0.15) is 13.2 Å². The summed E-state index contributed by atoms with van der Waals surface area (Å²) in [6.45, 7) is 6.48. The fraction of sp³-hybridized carbons (Fsp3) is 0.788. The first-order valence-corrected chi connectivity index (χ1v) is 24.6. The fourth-order valence-electron chi connectivity index (χ4n) is 6.82. The van der Waals surface area contributed by atoms with Crippen molar-refractivity contribution < 1.29 is 28.6 Å². The molecule has 0 rings (SSSR count). The number of unbranched alkanes of at least 4 members (excludes halogenated alkanes) is 25. The number of esters is 3. The molecule has 1 unspecified atom stereocenters. The average Bonchev–Trinajstić information content (AvgIpc) is 3.22. The normalized spacial score (nSPS) is 12.4. The van der Waals surface area contributed by atoms with E-state index < -0.39 is 6.10 Å². The monoisotopic (exact) mass is 813 g/mol. The lowest BCUT2D eigenvalue weighted by molar-refractivity contribution is -0.167. The van der Waals surface area contributed by atoms with Crippen LogP contribution in [0.5, 0.6) is 0 Å². The van der Waals surface area contributed by atoms with Crippen molar-refractivity contribution in [2.75, 3.05) is 13.2 Å². The second-order valence-electron chi connectivity index (χ2n) is 16.3. The quantitative estimate of drug-likeness (QED) is 0.0264. The molecule has 0 aliphatic rings. The van der Waals surface area contributed by atoms with Crippen molar-refractivity contribution in [2.45, 2.75) is 252 Å². The van der Waals surface area contributed by atoms with Gasteiger partial charge >= 0.3 is 17.9 Å². The lowest BCUT2D eigenvalue weighted by Crippen LogP contribution is -2.30. The number of carbonyl (C=O) groups excluding carboxylic acids is 3. The molecule has 6 heteroatoms. The van der Waals surface area contributed by atoms with Crippen LogP contribution >= 0.6 is 0 Å². The maximum absolute atomic E-state index is 12.7. The molecule has 0 aromatic heterocycles. The minimum Gasteiger partial charge on any atom is -0.462 e. The van der Waals surface area contributed by atoms with Gasteiger partial charge in [-0.25, -0.2) is 0 Å². The minimum atomic E-state index is -0.790. The van der Waals surface area contributed by atoms with Gasteiger partial charge in [0.05, 0.1) is 0 Å². The van der Waals surface area contributed by atoms with Crippen LogP contribution in [0, 0.1) is 0 Å². The van der Waals surface area contributed by atoms with Crippen molar-refractivity contribution in [3.63, 3.8) is 0 Å². The summed E-state index contributed by atoms with van der Waals surface area (Å²) in [7, 11) is 0. The third-order valence-corrected chi connectivity index (χ3v) is 10.5. The lowest BCUT2D eigenvalue weighted by atomic mass is 10.1. The summed E-state index contributed by atoms with van der Waals surface area (Å²) in [5, 5.41) is 0.